The molecule has 0 aromatic heterocycles. The summed E-state index contributed by atoms with van der Waals surface area (Å²) >= 11 is 0. The highest BCUT2D eigenvalue weighted by atomic mass is 16.5. The highest BCUT2D eigenvalue weighted by Crippen LogP contribution is 2.36. The van der Waals surface area contributed by atoms with Crippen LogP contribution in [0.2, 0.25) is 0 Å². The van der Waals surface area contributed by atoms with Crippen LogP contribution in [-0.4, -0.2) is 67.0 Å². The van der Waals surface area contributed by atoms with E-state index in [2.05, 4.69) is 66.1 Å². The molecule has 0 fully saturated rings. The molecule has 56 heavy (non-hydrogen) atoms. The number of ketones is 2. The lowest BCUT2D eigenvalue weighted by atomic mass is 9.87. The zero-order valence-corrected chi connectivity index (χ0v) is 33.6. The number of aliphatic hydroxyl groups is 2. The third-order valence-corrected chi connectivity index (χ3v) is 10.6. The molecule has 4 rings (SSSR count). The summed E-state index contributed by atoms with van der Waals surface area (Å²) in [4.78, 5) is 26.2. The number of ether oxygens (including phenoxy) is 1. The minimum absolute atomic E-state index is 0.0541. The van der Waals surface area contributed by atoms with Crippen LogP contribution in [0, 0.1) is 11.8 Å². The molecule has 0 spiro atoms. The topological polar surface area (TPSA) is 154 Å². The van der Waals surface area contributed by atoms with Gasteiger partial charge in [-0.3, -0.25) is 9.59 Å². The Bertz CT molecular complexity index is 1800. The number of aryl methyl sites for hydroxylation is 3. The lowest BCUT2D eigenvalue weighted by Gasteiger charge is -2.23. The molecule has 3 aromatic rings. The smallest absolute Gasteiger partial charge is 0.163 e. The van der Waals surface area contributed by atoms with Gasteiger partial charge in [-0.05, 0) is 152 Å². The molecule has 0 radical (unpaired) electrons. The van der Waals surface area contributed by atoms with Crippen LogP contribution in [-0.2, 0) is 35.3 Å². The first-order valence-corrected chi connectivity index (χ1v) is 20.2. The number of allylic oxidation sites excluding steroid dienone is 3. The minimum atomic E-state index is -0.441. The van der Waals surface area contributed by atoms with Crippen LogP contribution in [0.25, 0.3) is 5.57 Å². The fourth-order valence-corrected chi connectivity index (χ4v) is 7.73. The number of nitrogens with two attached hydrogens (primary N) is 1. The Morgan fingerprint density at radius 2 is 1.62 bits per heavy atom. The summed E-state index contributed by atoms with van der Waals surface area (Å²) in [6.07, 6.45) is 13.1. The Balaban J connectivity index is 1.43. The molecule has 0 bridgehead atoms. The van der Waals surface area contributed by atoms with Crippen LogP contribution in [0.3, 0.4) is 0 Å². The molecule has 1 heterocycles. The van der Waals surface area contributed by atoms with Gasteiger partial charge < -0.3 is 36.4 Å². The minimum Gasteiger partial charge on any atom is -0.504 e. The second-order valence-electron chi connectivity index (χ2n) is 15.2. The summed E-state index contributed by atoms with van der Waals surface area (Å²) in [6.45, 7) is 2.84. The Hall–Kier alpha value is -4.54. The molecule has 0 amide bonds. The molecular weight excluding hydrogens is 703 g/mol. The van der Waals surface area contributed by atoms with Gasteiger partial charge in [-0.1, -0.05) is 67.9 Å². The van der Waals surface area contributed by atoms with Crippen LogP contribution in [0.1, 0.15) is 86.1 Å². The van der Waals surface area contributed by atoms with Crippen molar-refractivity contribution in [2.24, 2.45) is 17.6 Å². The Kier molecular flexibility index (Phi) is 18.5. The van der Waals surface area contributed by atoms with Crippen molar-refractivity contribution < 1.29 is 29.6 Å². The molecule has 0 saturated carbocycles. The van der Waals surface area contributed by atoms with E-state index in [1.54, 1.807) is 12.1 Å². The highest BCUT2D eigenvalue weighted by molar-refractivity contribution is 6.07. The van der Waals surface area contributed by atoms with E-state index in [4.69, 9.17) is 10.5 Å². The summed E-state index contributed by atoms with van der Waals surface area (Å²) in [5.41, 5.74) is 13.8. The number of phenolic OH excluding ortho intramolecular Hbond substituents is 1. The van der Waals surface area contributed by atoms with Gasteiger partial charge in [0.1, 0.15) is 5.78 Å². The van der Waals surface area contributed by atoms with Gasteiger partial charge in [-0.25, -0.2) is 0 Å². The number of rotatable bonds is 25. The van der Waals surface area contributed by atoms with E-state index in [-0.39, 0.29) is 42.3 Å². The summed E-state index contributed by atoms with van der Waals surface area (Å²) in [6, 6.07) is 22.5. The van der Waals surface area contributed by atoms with Gasteiger partial charge in [0.2, 0.25) is 0 Å². The summed E-state index contributed by atoms with van der Waals surface area (Å²) in [5, 5.41) is 37.2. The predicted octanol–water partition coefficient (Wildman–Crippen LogP) is 6.77. The first-order valence-electron chi connectivity index (χ1n) is 20.2. The molecule has 1 aliphatic rings. The Morgan fingerprint density at radius 3 is 2.32 bits per heavy atom. The maximum Gasteiger partial charge on any atom is 0.163 e. The Labute approximate surface area is 333 Å². The zero-order valence-electron chi connectivity index (χ0n) is 33.6. The highest BCUT2D eigenvalue weighted by Gasteiger charge is 2.20. The van der Waals surface area contributed by atoms with E-state index in [0.29, 0.717) is 47.8 Å². The van der Waals surface area contributed by atoms with Crippen molar-refractivity contribution in [2.45, 2.75) is 90.1 Å². The van der Waals surface area contributed by atoms with Crippen molar-refractivity contribution >= 4 is 17.1 Å². The monoisotopic (exact) mass is 765 g/mol. The summed E-state index contributed by atoms with van der Waals surface area (Å²) in [5.74, 6) is 0.555. The molecule has 302 valence electrons. The lowest BCUT2D eigenvalue weighted by Crippen LogP contribution is -2.35. The van der Waals surface area contributed by atoms with Gasteiger partial charge in [0.15, 0.2) is 17.3 Å². The molecular formula is C47H63N3O6. The van der Waals surface area contributed by atoms with E-state index < -0.39 is 6.61 Å². The third kappa shape index (κ3) is 14.5. The number of benzene rings is 3. The SMILES string of the molecule is CNC[C@H](C)C[C@H](CCCO)CCCC(=O)CC(=O)/C=C(\CO)c1cc(OC)c(O)cc1CC1=CNC(N)C=C1CCc1cccc(CCc2ccccc2)c1. The summed E-state index contributed by atoms with van der Waals surface area (Å²) < 4.78 is 5.42. The molecule has 9 heteroatoms. The quantitative estimate of drug-likeness (QED) is 0.0405. The molecule has 1 unspecified atom stereocenters. The van der Waals surface area contributed by atoms with E-state index in [0.717, 1.165) is 69.1 Å². The third-order valence-electron chi connectivity index (χ3n) is 10.6. The largest absolute Gasteiger partial charge is 0.504 e. The van der Waals surface area contributed by atoms with Crippen molar-refractivity contribution in [2.75, 3.05) is 33.9 Å². The normalized spacial score (nSPS) is 15.4. The lowest BCUT2D eigenvalue weighted by molar-refractivity contribution is -0.124. The maximum absolute atomic E-state index is 13.3. The molecule has 3 atom stereocenters. The van der Waals surface area contributed by atoms with Gasteiger partial charge in [0.25, 0.3) is 0 Å². The van der Waals surface area contributed by atoms with Crippen molar-refractivity contribution in [3.8, 4) is 11.5 Å². The van der Waals surface area contributed by atoms with Crippen LogP contribution < -0.4 is 21.1 Å². The molecule has 1 aliphatic heterocycles. The number of methoxy groups -OCH3 is 1. The predicted molar refractivity (Wildman–Crippen MR) is 225 cm³/mol. The van der Waals surface area contributed by atoms with E-state index in [1.165, 1.54) is 29.9 Å². The number of dihydropyridines is 1. The number of Topliss-reactive ketones (excluding diaryl/α,β-unsaturated/α-hetero) is 1. The first kappa shape index (κ1) is 44.2. The molecule has 3 aromatic carbocycles. The summed E-state index contributed by atoms with van der Waals surface area (Å²) in [7, 11) is 3.39. The average Bonchev–Trinajstić information content (AvgIpc) is 3.19. The number of carbonyl (C=O) groups is 2. The number of aliphatic hydroxyl groups excluding tert-OH is 2. The van der Waals surface area contributed by atoms with Gasteiger partial charge in [0.05, 0.1) is 26.3 Å². The first-order chi connectivity index (χ1) is 27.1. The molecule has 7 N–H and O–H groups in total. The van der Waals surface area contributed by atoms with Gasteiger partial charge in [0, 0.05) is 19.2 Å². The van der Waals surface area contributed by atoms with E-state index in [1.807, 2.05) is 25.4 Å². The van der Waals surface area contributed by atoms with Gasteiger partial charge in [-0.15, -0.1) is 0 Å². The number of nitrogens with one attached hydrogen (secondary N) is 2. The molecule has 9 nitrogen and oxygen atoms in total. The van der Waals surface area contributed by atoms with Gasteiger partial charge in [-0.2, -0.15) is 0 Å². The standard InChI is InChI=1S/C47H63N3O6/c1-33(30-49-2)22-35(15-9-21-51)14-8-16-42(53)28-43(54)25-41(32-52)44-29-46(56-3)45(55)26-39(44)24-40-31-50-47(48)27-38(40)20-19-37-13-7-12-36(23-37)18-17-34-10-5-4-6-11-34/h4-7,10-13,23,25-27,29,31,33,35,47,49-52,55H,8-9,14-22,24,28,30,32,48H2,1-3H3/b41-25+/t33-,35+,47?/m1/s1. The fourth-order valence-electron chi connectivity index (χ4n) is 7.73. The maximum atomic E-state index is 13.3. The van der Waals surface area contributed by atoms with Crippen molar-refractivity contribution in [3.63, 3.8) is 0 Å². The molecule has 0 aliphatic carbocycles. The number of phenols is 1. The van der Waals surface area contributed by atoms with Crippen LogP contribution in [0.4, 0.5) is 0 Å². The fraction of sp³-hybridized carbons (Fsp3) is 0.447. The number of aromatic hydroxyl groups is 1. The second-order valence-corrected chi connectivity index (χ2v) is 15.2. The van der Waals surface area contributed by atoms with E-state index in [9.17, 15) is 24.9 Å². The number of hydrogen-bond acceptors (Lipinski definition) is 9. The Morgan fingerprint density at radius 1 is 0.929 bits per heavy atom. The average molecular weight is 766 g/mol. The molecule has 0 saturated heterocycles. The second kappa shape index (κ2) is 23.5. The van der Waals surface area contributed by atoms with Crippen molar-refractivity contribution in [3.05, 3.63) is 124 Å². The van der Waals surface area contributed by atoms with Crippen molar-refractivity contribution in [1.82, 2.24) is 10.6 Å². The van der Waals surface area contributed by atoms with Crippen LogP contribution in [0.15, 0.2) is 96.2 Å². The van der Waals surface area contributed by atoms with Crippen LogP contribution >= 0.6 is 0 Å². The van der Waals surface area contributed by atoms with E-state index >= 15 is 0 Å². The van der Waals surface area contributed by atoms with Crippen LogP contribution in [0.5, 0.6) is 11.5 Å². The number of carbonyl (C=O) groups excluding carboxylic acids is 2. The van der Waals surface area contributed by atoms with Crippen molar-refractivity contribution in [1.29, 1.82) is 0 Å². The number of hydrogen-bond donors (Lipinski definition) is 6. The zero-order chi connectivity index (χ0) is 40.3. The van der Waals surface area contributed by atoms with Gasteiger partial charge >= 0.3 is 0 Å².